The Labute approximate surface area is 108 Å². The first-order valence-electron chi connectivity index (χ1n) is 6.18. The van der Waals surface area contributed by atoms with Gasteiger partial charge in [-0.1, -0.05) is 13.8 Å². The molecule has 0 saturated heterocycles. The molecule has 1 aromatic heterocycles. The number of nitrogens with two attached hydrogens (primary N) is 1. The van der Waals surface area contributed by atoms with Gasteiger partial charge >= 0.3 is 0 Å². The summed E-state index contributed by atoms with van der Waals surface area (Å²) in [5.74, 6) is 1.00. The van der Waals surface area contributed by atoms with E-state index in [2.05, 4.69) is 10.4 Å². The lowest BCUT2D eigenvalue weighted by atomic mass is 10.1. The average molecular weight is 253 g/mol. The van der Waals surface area contributed by atoms with Crippen molar-refractivity contribution in [1.29, 1.82) is 0 Å². The van der Waals surface area contributed by atoms with Crippen LogP contribution >= 0.6 is 0 Å². The molecule has 0 spiro atoms. The predicted molar refractivity (Wildman–Crippen MR) is 73.5 cm³/mol. The Hall–Kier alpha value is -1.72. The van der Waals surface area contributed by atoms with E-state index >= 15 is 0 Å². The zero-order chi connectivity index (χ0) is 13.9. The number of hydrogen-bond acceptors (Lipinski definition) is 4. The van der Waals surface area contributed by atoms with Crippen LogP contribution < -0.4 is 11.1 Å². The summed E-state index contributed by atoms with van der Waals surface area (Å²) in [6.45, 7) is 6.94. The lowest BCUT2D eigenvalue weighted by molar-refractivity contribution is -0.127. The number of nitrogens with zero attached hydrogens (tertiary/aromatic N) is 3. The molecule has 0 bridgehead atoms. The highest BCUT2D eigenvalue weighted by atomic mass is 16.2. The molecule has 0 radical (unpaired) electrons. The minimum atomic E-state index is 0.0317. The molecule has 0 fully saturated rings. The van der Waals surface area contributed by atoms with Crippen LogP contribution in [-0.4, -0.2) is 40.7 Å². The second-order valence-corrected chi connectivity index (χ2v) is 4.69. The van der Waals surface area contributed by atoms with E-state index in [1.807, 2.05) is 27.8 Å². The van der Waals surface area contributed by atoms with Gasteiger partial charge in [0.05, 0.1) is 17.9 Å². The van der Waals surface area contributed by atoms with Crippen molar-refractivity contribution >= 4 is 17.4 Å². The maximum absolute atomic E-state index is 11.7. The van der Waals surface area contributed by atoms with Crippen molar-refractivity contribution in [3.05, 3.63) is 5.69 Å². The molecule has 18 heavy (non-hydrogen) atoms. The lowest BCUT2D eigenvalue weighted by Gasteiger charge is -2.15. The molecule has 3 N–H and O–H groups in total. The van der Waals surface area contributed by atoms with Crippen molar-refractivity contribution in [3.63, 3.8) is 0 Å². The number of amides is 1. The number of rotatable bonds is 5. The van der Waals surface area contributed by atoms with E-state index < -0.39 is 0 Å². The Morgan fingerprint density at radius 2 is 2.17 bits per heavy atom. The third-order valence-corrected chi connectivity index (χ3v) is 2.97. The Balaban J connectivity index is 2.77. The molecule has 0 atom stereocenters. The van der Waals surface area contributed by atoms with Gasteiger partial charge in [-0.2, -0.15) is 5.10 Å². The number of hydrogen-bond donors (Lipinski definition) is 2. The Bertz CT molecular complexity index is 424. The van der Waals surface area contributed by atoms with Gasteiger partial charge < -0.3 is 16.0 Å². The van der Waals surface area contributed by atoms with Gasteiger partial charge in [-0.15, -0.1) is 0 Å². The normalized spacial score (nSPS) is 10.8. The van der Waals surface area contributed by atoms with Crippen molar-refractivity contribution in [2.75, 3.05) is 31.2 Å². The Morgan fingerprint density at radius 1 is 1.56 bits per heavy atom. The molecule has 102 valence electrons. The number of likely N-dealkylation sites (N-methyl/N-ethyl adjacent to an activating group) is 1. The molecule has 6 nitrogen and oxygen atoms in total. The summed E-state index contributed by atoms with van der Waals surface area (Å²) in [7, 11) is 3.59. The van der Waals surface area contributed by atoms with E-state index in [-0.39, 0.29) is 18.4 Å². The van der Waals surface area contributed by atoms with E-state index in [1.54, 1.807) is 16.6 Å². The molecule has 1 rings (SSSR count). The van der Waals surface area contributed by atoms with Crippen molar-refractivity contribution in [2.45, 2.75) is 26.7 Å². The topological polar surface area (TPSA) is 76.2 Å². The molecule has 0 unspecified atom stereocenters. The van der Waals surface area contributed by atoms with Crippen LogP contribution in [0.3, 0.4) is 0 Å². The van der Waals surface area contributed by atoms with Gasteiger partial charge in [-0.3, -0.25) is 9.48 Å². The minimum Gasteiger partial charge on any atom is -0.394 e. The zero-order valence-corrected chi connectivity index (χ0v) is 11.8. The van der Waals surface area contributed by atoms with Crippen LogP contribution in [0.25, 0.3) is 0 Å². The van der Waals surface area contributed by atoms with Gasteiger partial charge in [0.15, 0.2) is 0 Å². The highest BCUT2D eigenvalue weighted by molar-refractivity contribution is 5.81. The summed E-state index contributed by atoms with van der Waals surface area (Å²) in [5.41, 5.74) is 7.51. The van der Waals surface area contributed by atoms with Crippen LogP contribution in [0.15, 0.2) is 0 Å². The number of carbonyl (C=O) groups excluding carboxylic acids is 1. The number of anilines is 2. The zero-order valence-electron chi connectivity index (χ0n) is 11.8. The van der Waals surface area contributed by atoms with E-state index in [0.717, 1.165) is 5.69 Å². The largest absolute Gasteiger partial charge is 0.394 e. The lowest BCUT2D eigenvalue weighted by Crippen LogP contribution is -2.32. The standard InChI is InChI=1S/C12H23N5O/c1-6-16(4)9(18)7-14-12-10(13)11(8(2)3)15-17(12)5/h8,14H,6-7,13H2,1-5H3. The molecule has 0 aromatic carbocycles. The Kier molecular flexibility index (Phi) is 4.58. The third-order valence-electron chi connectivity index (χ3n) is 2.97. The van der Waals surface area contributed by atoms with Crippen LogP contribution in [-0.2, 0) is 11.8 Å². The van der Waals surface area contributed by atoms with Crippen LogP contribution in [0.4, 0.5) is 11.5 Å². The maximum Gasteiger partial charge on any atom is 0.241 e. The fourth-order valence-electron chi connectivity index (χ4n) is 1.67. The molecule has 0 aliphatic rings. The third kappa shape index (κ3) is 2.94. The maximum atomic E-state index is 11.7. The molecular weight excluding hydrogens is 230 g/mol. The molecule has 0 aliphatic carbocycles. The van der Waals surface area contributed by atoms with Gasteiger partial charge in [0, 0.05) is 20.6 Å². The summed E-state index contributed by atoms with van der Waals surface area (Å²) in [5, 5.41) is 7.41. The summed E-state index contributed by atoms with van der Waals surface area (Å²) in [6.07, 6.45) is 0. The number of nitrogen functional groups attached to an aromatic ring is 1. The van der Waals surface area contributed by atoms with Crippen LogP contribution in [0.2, 0.25) is 0 Å². The molecular formula is C12H23N5O. The van der Waals surface area contributed by atoms with E-state index in [4.69, 9.17) is 5.73 Å². The summed E-state index contributed by atoms with van der Waals surface area (Å²) >= 11 is 0. The van der Waals surface area contributed by atoms with E-state index in [0.29, 0.717) is 18.1 Å². The van der Waals surface area contributed by atoms with Crippen LogP contribution in [0, 0.1) is 0 Å². The van der Waals surface area contributed by atoms with Crippen LogP contribution in [0.1, 0.15) is 32.4 Å². The van der Waals surface area contributed by atoms with Crippen molar-refractivity contribution in [2.24, 2.45) is 7.05 Å². The molecule has 1 aromatic rings. The molecule has 6 heteroatoms. The first-order chi connectivity index (χ1) is 8.38. The average Bonchev–Trinajstić information content (AvgIpc) is 2.61. The number of aryl methyl sites for hydroxylation is 1. The molecule has 1 heterocycles. The fraction of sp³-hybridized carbons (Fsp3) is 0.667. The second-order valence-electron chi connectivity index (χ2n) is 4.69. The van der Waals surface area contributed by atoms with Crippen LogP contribution in [0.5, 0.6) is 0 Å². The van der Waals surface area contributed by atoms with Crippen molar-refractivity contribution < 1.29 is 4.79 Å². The minimum absolute atomic E-state index is 0.0317. The fourth-order valence-corrected chi connectivity index (χ4v) is 1.67. The monoisotopic (exact) mass is 253 g/mol. The number of nitrogens with one attached hydrogen (secondary N) is 1. The van der Waals surface area contributed by atoms with Gasteiger partial charge in [0.25, 0.3) is 0 Å². The highest BCUT2D eigenvalue weighted by Gasteiger charge is 2.16. The van der Waals surface area contributed by atoms with E-state index in [9.17, 15) is 4.79 Å². The smallest absolute Gasteiger partial charge is 0.241 e. The van der Waals surface area contributed by atoms with Gasteiger partial charge in [0.1, 0.15) is 5.82 Å². The predicted octanol–water partition coefficient (Wildman–Crippen LogP) is 1.02. The molecule has 0 aliphatic heterocycles. The quantitative estimate of drug-likeness (QED) is 0.821. The Morgan fingerprint density at radius 3 is 2.61 bits per heavy atom. The second kappa shape index (κ2) is 5.75. The SMILES string of the molecule is CCN(C)C(=O)CNc1c(N)c(C(C)C)nn1C. The summed E-state index contributed by atoms with van der Waals surface area (Å²) < 4.78 is 1.68. The number of aromatic nitrogens is 2. The van der Waals surface area contributed by atoms with Crippen molar-refractivity contribution in [1.82, 2.24) is 14.7 Å². The molecule has 1 amide bonds. The first kappa shape index (κ1) is 14.3. The van der Waals surface area contributed by atoms with Gasteiger partial charge in [0.2, 0.25) is 5.91 Å². The molecule has 0 saturated carbocycles. The van der Waals surface area contributed by atoms with Gasteiger partial charge in [-0.25, -0.2) is 0 Å². The van der Waals surface area contributed by atoms with Crippen molar-refractivity contribution in [3.8, 4) is 0 Å². The number of carbonyl (C=O) groups is 1. The van der Waals surface area contributed by atoms with Gasteiger partial charge in [-0.05, 0) is 12.8 Å². The summed E-state index contributed by atoms with van der Waals surface area (Å²) in [4.78, 5) is 13.4. The highest BCUT2D eigenvalue weighted by Crippen LogP contribution is 2.27. The van der Waals surface area contributed by atoms with E-state index in [1.165, 1.54) is 0 Å². The first-order valence-corrected chi connectivity index (χ1v) is 6.18. The summed E-state index contributed by atoms with van der Waals surface area (Å²) in [6, 6.07) is 0.